The number of nitrogens with one attached hydrogen (secondary N) is 1. The van der Waals surface area contributed by atoms with Crippen LogP contribution in [0.1, 0.15) is 28.2 Å². The number of nitrogen functional groups attached to an aromatic ring is 1. The highest BCUT2D eigenvalue weighted by molar-refractivity contribution is 7.16. The Hall–Kier alpha value is -1.72. The lowest BCUT2D eigenvalue weighted by molar-refractivity contribution is 0.0697. The van der Waals surface area contributed by atoms with Crippen LogP contribution in [0.15, 0.2) is 30.3 Å². The van der Waals surface area contributed by atoms with Gasteiger partial charge in [-0.25, -0.2) is 4.79 Å². The van der Waals surface area contributed by atoms with E-state index in [1.54, 1.807) is 6.07 Å². The van der Waals surface area contributed by atoms with Gasteiger partial charge in [0.05, 0.1) is 27.3 Å². The molecule has 0 radical (unpaired) electrons. The lowest BCUT2D eigenvalue weighted by atomic mass is 10.1. The number of thiophene rings is 1. The number of benzene rings is 1. The highest BCUT2D eigenvalue weighted by atomic mass is 35.5. The van der Waals surface area contributed by atoms with Crippen molar-refractivity contribution in [3.8, 4) is 0 Å². The van der Waals surface area contributed by atoms with Gasteiger partial charge in [0.1, 0.15) is 0 Å². The fourth-order valence-corrected chi connectivity index (χ4v) is 2.76. The minimum atomic E-state index is -0.990. The number of carboxylic acids is 1. The summed E-state index contributed by atoms with van der Waals surface area (Å²) in [6.07, 6.45) is 0. The van der Waals surface area contributed by atoms with Gasteiger partial charge in [-0.3, -0.25) is 0 Å². The van der Waals surface area contributed by atoms with Crippen LogP contribution in [-0.2, 0) is 0 Å². The Morgan fingerprint density at radius 3 is 2.68 bits per heavy atom. The van der Waals surface area contributed by atoms with Crippen LogP contribution >= 0.6 is 22.9 Å². The molecule has 0 spiro atoms. The predicted octanol–water partition coefficient (Wildman–Crippen LogP) is 3.86. The molecule has 1 unspecified atom stereocenters. The molecule has 0 aliphatic heterocycles. The van der Waals surface area contributed by atoms with E-state index >= 15 is 0 Å². The number of aromatic carboxylic acids is 1. The molecule has 19 heavy (non-hydrogen) atoms. The largest absolute Gasteiger partial charge is 0.478 e. The summed E-state index contributed by atoms with van der Waals surface area (Å²) in [6.45, 7) is 1.99. The van der Waals surface area contributed by atoms with E-state index in [0.29, 0.717) is 11.4 Å². The van der Waals surface area contributed by atoms with Crippen LogP contribution in [0.5, 0.6) is 0 Å². The molecule has 1 aromatic heterocycles. The Balaban J connectivity index is 2.17. The monoisotopic (exact) mass is 296 g/mol. The fraction of sp³-hybridized carbons (Fsp3) is 0.154. The van der Waals surface area contributed by atoms with Crippen LogP contribution < -0.4 is 11.1 Å². The van der Waals surface area contributed by atoms with Gasteiger partial charge in [0.25, 0.3) is 0 Å². The maximum atomic E-state index is 10.8. The molecular formula is C13H13ClN2O2S. The van der Waals surface area contributed by atoms with Gasteiger partial charge in [-0.15, -0.1) is 11.3 Å². The van der Waals surface area contributed by atoms with Crippen LogP contribution in [-0.4, -0.2) is 11.1 Å². The summed E-state index contributed by atoms with van der Waals surface area (Å²) in [7, 11) is 0. The SMILES string of the molecule is CC(Nc1ccc(C(=O)O)cc1N)c1ccc(Cl)s1. The summed E-state index contributed by atoms with van der Waals surface area (Å²) >= 11 is 7.39. The highest BCUT2D eigenvalue weighted by Crippen LogP contribution is 2.30. The number of rotatable bonds is 4. The molecule has 1 aromatic carbocycles. The summed E-state index contributed by atoms with van der Waals surface area (Å²) in [5, 5.41) is 12.1. The summed E-state index contributed by atoms with van der Waals surface area (Å²) < 4.78 is 0.734. The van der Waals surface area contributed by atoms with Gasteiger partial charge < -0.3 is 16.2 Å². The Morgan fingerprint density at radius 2 is 2.16 bits per heavy atom. The van der Waals surface area contributed by atoms with Crippen molar-refractivity contribution in [1.29, 1.82) is 0 Å². The topological polar surface area (TPSA) is 75.3 Å². The van der Waals surface area contributed by atoms with Gasteiger partial charge in [0, 0.05) is 4.88 Å². The molecule has 1 atom stereocenters. The van der Waals surface area contributed by atoms with Gasteiger partial charge in [0.15, 0.2) is 0 Å². The van der Waals surface area contributed by atoms with Gasteiger partial charge >= 0.3 is 5.97 Å². The van der Waals surface area contributed by atoms with E-state index < -0.39 is 5.97 Å². The van der Waals surface area contributed by atoms with E-state index in [-0.39, 0.29) is 11.6 Å². The van der Waals surface area contributed by atoms with Gasteiger partial charge in [-0.05, 0) is 37.3 Å². The molecule has 6 heteroatoms. The number of carboxylic acid groups (broad SMARTS) is 1. The smallest absolute Gasteiger partial charge is 0.335 e. The molecule has 1 heterocycles. The average molecular weight is 297 g/mol. The molecule has 0 bridgehead atoms. The second kappa shape index (κ2) is 5.50. The molecule has 2 rings (SSSR count). The zero-order valence-corrected chi connectivity index (χ0v) is 11.8. The van der Waals surface area contributed by atoms with Crippen LogP contribution in [0.25, 0.3) is 0 Å². The van der Waals surface area contributed by atoms with Crippen molar-refractivity contribution in [2.24, 2.45) is 0 Å². The normalized spacial score (nSPS) is 12.1. The Morgan fingerprint density at radius 1 is 1.42 bits per heavy atom. The second-order valence-corrected chi connectivity index (χ2v) is 5.86. The summed E-state index contributed by atoms with van der Waals surface area (Å²) in [5.41, 5.74) is 7.14. The first-order valence-corrected chi connectivity index (χ1v) is 6.81. The molecule has 0 saturated carbocycles. The molecule has 0 amide bonds. The fourth-order valence-electron chi connectivity index (χ4n) is 1.69. The van der Waals surface area contributed by atoms with Crippen LogP contribution in [0.3, 0.4) is 0 Å². The molecule has 100 valence electrons. The van der Waals surface area contributed by atoms with Crippen LogP contribution in [0, 0.1) is 0 Å². The molecule has 4 nitrogen and oxygen atoms in total. The zero-order valence-electron chi connectivity index (χ0n) is 10.2. The van der Waals surface area contributed by atoms with Crippen molar-refractivity contribution >= 4 is 40.3 Å². The number of hydrogen-bond donors (Lipinski definition) is 3. The predicted molar refractivity (Wildman–Crippen MR) is 79.2 cm³/mol. The molecule has 0 aliphatic carbocycles. The Bertz CT molecular complexity index is 612. The standard InChI is InChI=1S/C13H13ClN2O2S/c1-7(11-4-5-12(14)19-11)16-10-3-2-8(13(17)18)6-9(10)15/h2-7,16H,15H2,1H3,(H,17,18). The lowest BCUT2D eigenvalue weighted by Gasteiger charge is -2.15. The third kappa shape index (κ3) is 3.19. The van der Waals surface area contributed by atoms with E-state index in [9.17, 15) is 4.79 Å². The number of hydrogen-bond acceptors (Lipinski definition) is 4. The van der Waals surface area contributed by atoms with Gasteiger partial charge in [0.2, 0.25) is 0 Å². The van der Waals surface area contributed by atoms with Gasteiger partial charge in [-0.2, -0.15) is 0 Å². The first-order chi connectivity index (χ1) is 8.97. The molecule has 0 aliphatic rings. The van der Waals surface area contributed by atoms with Crippen LogP contribution in [0.4, 0.5) is 11.4 Å². The number of carbonyl (C=O) groups is 1. The second-order valence-electron chi connectivity index (χ2n) is 4.12. The van der Waals surface area contributed by atoms with Crippen molar-refractivity contribution in [3.05, 3.63) is 45.1 Å². The average Bonchev–Trinajstić information content (AvgIpc) is 2.78. The van der Waals surface area contributed by atoms with E-state index in [1.807, 2.05) is 19.1 Å². The quantitative estimate of drug-likeness (QED) is 0.749. The summed E-state index contributed by atoms with van der Waals surface area (Å²) in [6, 6.07) is 8.48. The summed E-state index contributed by atoms with van der Waals surface area (Å²) in [4.78, 5) is 11.9. The molecule has 2 aromatic rings. The van der Waals surface area contributed by atoms with Crippen molar-refractivity contribution in [2.75, 3.05) is 11.1 Å². The number of halogens is 1. The lowest BCUT2D eigenvalue weighted by Crippen LogP contribution is -2.08. The van der Waals surface area contributed by atoms with E-state index in [0.717, 1.165) is 9.21 Å². The van der Waals surface area contributed by atoms with Crippen molar-refractivity contribution in [2.45, 2.75) is 13.0 Å². The number of anilines is 2. The molecule has 4 N–H and O–H groups in total. The van der Waals surface area contributed by atoms with Crippen molar-refractivity contribution in [3.63, 3.8) is 0 Å². The van der Waals surface area contributed by atoms with Crippen LogP contribution in [0.2, 0.25) is 4.34 Å². The Kier molecular flexibility index (Phi) is 3.97. The zero-order chi connectivity index (χ0) is 14.0. The Labute approximate surface area is 119 Å². The van der Waals surface area contributed by atoms with E-state index in [1.165, 1.54) is 23.5 Å². The molecular weight excluding hydrogens is 284 g/mol. The third-order valence-corrected chi connectivity index (χ3v) is 4.11. The minimum Gasteiger partial charge on any atom is -0.478 e. The minimum absolute atomic E-state index is 0.0514. The van der Waals surface area contributed by atoms with E-state index in [4.69, 9.17) is 22.4 Å². The van der Waals surface area contributed by atoms with Crippen molar-refractivity contribution in [1.82, 2.24) is 0 Å². The summed E-state index contributed by atoms with van der Waals surface area (Å²) in [5.74, 6) is -0.990. The van der Waals surface area contributed by atoms with E-state index in [2.05, 4.69) is 5.32 Å². The molecule has 0 saturated heterocycles. The number of nitrogens with two attached hydrogens (primary N) is 1. The van der Waals surface area contributed by atoms with Crippen molar-refractivity contribution < 1.29 is 9.90 Å². The maximum Gasteiger partial charge on any atom is 0.335 e. The maximum absolute atomic E-state index is 10.8. The van der Waals surface area contributed by atoms with Gasteiger partial charge in [-0.1, -0.05) is 11.6 Å². The first-order valence-electron chi connectivity index (χ1n) is 5.62. The molecule has 0 fully saturated rings. The first kappa shape index (κ1) is 13.7. The third-order valence-electron chi connectivity index (χ3n) is 2.69. The highest BCUT2D eigenvalue weighted by Gasteiger charge is 2.11.